The van der Waals surface area contributed by atoms with E-state index in [9.17, 15) is 14.9 Å². The van der Waals surface area contributed by atoms with Gasteiger partial charge in [-0.05, 0) is 18.1 Å². The number of ether oxygens (including phenoxy) is 3. The van der Waals surface area contributed by atoms with Gasteiger partial charge in [0.2, 0.25) is 11.5 Å². The molecule has 1 aliphatic heterocycles. The third-order valence-electron chi connectivity index (χ3n) is 4.35. The zero-order chi connectivity index (χ0) is 18.8. The van der Waals surface area contributed by atoms with Crippen LogP contribution in [0.2, 0.25) is 0 Å². The van der Waals surface area contributed by atoms with Crippen molar-refractivity contribution in [2.24, 2.45) is 0 Å². The van der Waals surface area contributed by atoms with Gasteiger partial charge in [0.05, 0.1) is 26.3 Å². The van der Waals surface area contributed by atoms with E-state index in [1.165, 1.54) is 32.3 Å². The molecule has 26 heavy (non-hydrogen) atoms. The number of nitrogens with zero attached hydrogens (tertiary/aromatic N) is 2. The number of methoxy groups -OCH3 is 3. The molecule has 0 saturated heterocycles. The van der Waals surface area contributed by atoms with E-state index in [1.54, 1.807) is 0 Å². The summed E-state index contributed by atoms with van der Waals surface area (Å²) in [4.78, 5) is 25.7. The Morgan fingerprint density at radius 3 is 2.42 bits per heavy atom. The number of benzene rings is 2. The molecular formula is C18H18N2O6. The third-order valence-corrected chi connectivity index (χ3v) is 4.35. The standard InChI is InChI=1S/C18H18N2O6/c1-24-14-10-12(15(20(22)23)17(26-3)16(14)25-2)18(21)19-9-8-11-6-4-5-7-13(11)19/h4-7,10H,8-9H2,1-3H3. The lowest BCUT2D eigenvalue weighted by Crippen LogP contribution is -2.29. The van der Waals surface area contributed by atoms with Gasteiger partial charge in [0.15, 0.2) is 5.75 Å². The highest BCUT2D eigenvalue weighted by Crippen LogP contribution is 2.47. The summed E-state index contributed by atoms with van der Waals surface area (Å²) in [5.74, 6) is -0.376. The maximum absolute atomic E-state index is 13.1. The summed E-state index contributed by atoms with van der Waals surface area (Å²) in [7, 11) is 4.02. The highest BCUT2D eigenvalue weighted by atomic mass is 16.6. The van der Waals surface area contributed by atoms with E-state index in [0.29, 0.717) is 13.0 Å². The van der Waals surface area contributed by atoms with Crippen molar-refractivity contribution >= 4 is 17.3 Å². The number of amides is 1. The van der Waals surface area contributed by atoms with Crippen LogP contribution >= 0.6 is 0 Å². The van der Waals surface area contributed by atoms with Gasteiger partial charge in [-0.2, -0.15) is 0 Å². The predicted molar refractivity (Wildman–Crippen MR) is 94.6 cm³/mol. The molecule has 0 aromatic heterocycles. The van der Waals surface area contributed by atoms with Gasteiger partial charge in [-0.25, -0.2) is 0 Å². The molecular weight excluding hydrogens is 340 g/mol. The van der Waals surface area contributed by atoms with Gasteiger partial charge in [0.1, 0.15) is 5.56 Å². The van der Waals surface area contributed by atoms with Crippen LogP contribution in [0, 0.1) is 10.1 Å². The molecule has 3 rings (SSSR count). The summed E-state index contributed by atoms with van der Waals surface area (Å²) in [5.41, 5.74) is 1.22. The van der Waals surface area contributed by atoms with Gasteiger partial charge in [0, 0.05) is 18.3 Å². The second kappa shape index (κ2) is 6.91. The molecule has 2 aromatic carbocycles. The average molecular weight is 358 g/mol. The number of nitro benzene ring substituents is 1. The number of para-hydroxylation sites is 1. The van der Waals surface area contributed by atoms with E-state index >= 15 is 0 Å². The fraction of sp³-hybridized carbons (Fsp3) is 0.278. The highest BCUT2D eigenvalue weighted by Gasteiger charge is 2.36. The van der Waals surface area contributed by atoms with Crippen molar-refractivity contribution in [2.45, 2.75) is 6.42 Å². The first-order chi connectivity index (χ1) is 12.5. The molecule has 0 unspecified atom stereocenters. The molecule has 1 amide bonds. The number of carbonyl (C=O) groups excluding carboxylic acids is 1. The molecule has 1 aliphatic rings. The summed E-state index contributed by atoms with van der Waals surface area (Å²) in [6, 6.07) is 8.81. The van der Waals surface area contributed by atoms with Crippen molar-refractivity contribution in [1.82, 2.24) is 0 Å². The van der Waals surface area contributed by atoms with Crippen molar-refractivity contribution in [2.75, 3.05) is 32.8 Å². The second-order valence-electron chi connectivity index (χ2n) is 5.63. The van der Waals surface area contributed by atoms with Crippen molar-refractivity contribution in [3.63, 3.8) is 0 Å². The van der Waals surface area contributed by atoms with Crippen LogP contribution in [-0.4, -0.2) is 38.7 Å². The van der Waals surface area contributed by atoms with Crippen LogP contribution in [0.5, 0.6) is 17.2 Å². The maximum atomic E-state index is 13.1. The van der Waals surface area contributed by atoms with Gasteiger partial charge in [-0.1, -0.05) is 18.2 Å². The molecule has 8 heteroatoms. The van der Waals surface area contributed by atoms with E-state index < -0.39 is 16.5 Å². The Balaban J connectivity index is 2.18. The maximum Gasteiger partial charge on any atom is 0.327 e. The quantitative estimate of drug-likeness (QED) is 0.603. The Bertz CT molecular complexity index is 880. The fourth-order valence-electron chi connectivity index (χ4n) is 3.18. The van der Waals surface area contributed by atoms with Gasteiger partial charge in [-0.15, -0.1) is 0 Å². The molecule has 0 N–H and O–H groups in total. The molecule has 1 heterocycles. The minimum absolute atomic E-state index is 0.0695. The van der Waals surface area contributed by atoms with E-state index in [0.717, 1.165) is 11.3 Å². The topological polar surface area (TPSA) is 91.1 Å². The lowest BCUT2D eigenvalue weighted by atomic mass is 10.1. The molecule has 2 aromatic rings. The van der Waals surface area contributed by atoms with Gasteiger partial charge in [0.25, 0.3) is 5.91 Å². The van der Waals surface area contributed by atoms with E-state index in [1.807, 2.05) is 24.3 Å². The fourth-order valence-corrected chi connectivity index (χ4v) is 3.18. The number of anilines is 1. The van der Waals surface area contributed by atoms with Crippen LogP contribution in [0.15, 0.2) is 30.3 Å². The molecule has 0 atom stereocenters. The van der Waals surface area contributed by atoms with Gasteiger partial charge < -0.3 is 19.1 Å². The van der Waals surface area contributed by atoms with Crippen LogP contribution in [0.25, 0.3) is 0 Å². The van der Waals surface area contributed by atoms with Crippen molar-refractivity contribution in [1.29, 1.82) is 0 Å². The summed E-state index contributed by atoms with van der Waals surface area (Å²) in [5, 5.41) is 11.7. The molecule has 0 radical (unpaired) electrons. The zero-order valence-electron chi connectivity index (χ0n) is 14.6. The van der Waals surface area contributed by atoms with Crippen LogP contribution in [0.3, 0.4) is 0 Å². The second-order valence-corrected chi connectivity index (χ2v) is 5.63. The Hall–Kier alpha value is -3.29. The van der Waals surface area contributed by atoms with Crippen LogP contribution in [-0.2, 0) is 6.42 Å². The van der Waals surface area contributed by atoms with Gasteiger partial charge in [-0.3, -0.25) is 14.9 Å². The lowest BCUT2D eigenvalue weighted by molar-refractivity contribution is -0.386. The minimum atomic E-state index is -0.643. The number of fused-ring (bicyclic) bond motifs is 1. The van der Waals surface area contributed by atoms with Crippen LogP contribution in [0.4, 0.5) is 11.4 Å². The number of rotatable bonds is 5. The molecule has 0 saturated carbocycles. The summed E-state index contributed by atoms with van der Waals surface area (Å²) in [6.45, 7) is 0.450. The van der Waals surface area contributed by atoms with Gasteiger partial charge >= 0.3 is 5.69 Å². The number of nitro groups is 1. The number of carbonyl (C=O) groups is 1. The Morgan fingerprint density at radius 2 is 1.81 bits per heavy atom. The summed E-state index contributed by atoms with van der Waals surface area (Å²) < 4.78 is 15.6. The normalized spacial score (nSPS) is 12.5. The zero-order valence-corrected chi connectivity index (χ0v) is 14.6. The summed E-state index contributed by atoms with van der Waals surface area (Å²) >= 11 is 0. The largest absolute Gasteiger partial charge is 0.493 e. The predicted octanol–water partition coefficient (Wildman–Crippen LogP) is 2.82. The molecule has 0 spiro atoms. The van der Waals surface area contributed by atoms with Crippen molar-refractivity contribution < 1.29 is 23.9 Å². The monoisotopic (exact) mass is 358 g/mol. The Morgan fingerprint density at radius 1 is 1.12 bits per heavy atom. The first-order valence-corrected chi connectivity index (χ1v) is 7.90. The summed E-state index contributed by atoms with van der Waals surface area (Å²) in [6.07, 6.45) is 0.695. The molecule has 0 fully saturated rings. The minimum Gasteiger partial charge on any atom is -0.493 e. The first kappa shape index (κ1) is 17.5. The highest BCUT2D eigenvalue weighted by molar-refractivity contribution is 6.11. The Labute approximate surface area is 150 Å². The molecule has 136 valence electrons. The van der Waals surface area contributed by atoms with Crippen molar-refractivity contribution in [3.8, 4) is 17.2 Å². The SMILES string of the molecule is COc1cc(C(=O)N2CCc3ccccc32)c([N+](=O)[O-])c(OC)c1OC. The number of hydrogen-bond donors (Lipinski definition) is 0. The number of hydrogen-bond acceptors (Lipinski definition) is 6. The lowest BCUT2D eigenvalue weighted by Gasteiger charge is -2.19. The van der Waals surface area contributed by atoms with Crippen LogP contribution in [0.1, 0.15) is 15.9 Å². The van der Waals surface area contributed by atoms with Crippen molar-refractivity contribution in [3.05, 3.63) is 51.6 Å². The Kier molecular flexibility index (Phi) is 4.66. The third kappa shape index (κ3) is 2.69. The van der Waals surface area contributed by atoms with E-state index in [4.69, 9.17) is 14.2 Å². The van der Waals surface area contributed by atoms with E-state index in [-0.39, 0.29) is 22.8 Å². The molecule has 8 nitrogen and oxygen atoms in total. The smallest absolute Gasteiger partial charge is 0.327 e. The van der Waals surface area contributed by atoms with Crippen LogP contribution < -0.4 is 19.1 Å². The molecule has 0 aliphatic carbocycles. The first-order valence-electron chi connectivity index (χ1n) is 7.90. The van der Waals surface area contributed by atoms with E-state index in [2.05, 4.69) is 0 Å². The molecule has 0 bridgehead atoms. The average Bonchev–Trinajstić information content (AvgIpc) is 3.09.